The van der Waals surface area contributed by atoms with E-state index in [1.807, 2.05) is 24.3 Å². The zero-order valence-corrected chi connectivity index (χ0v) is 10.9. The summed E-state index contributed by atoms with van der Waals surface area (Å²) in [5, 5.41) is 3.39. The number of carbonyl (C=O) groups is 1. The highest BCUT2D eigenvalue weighted by Gasteiger charge is 2.25. The molecule has 1 aliphatic heterocycles. The molecule has 0 aliphatic carbocycles. The van der Waals surface area contributed by atoms with Gasteiger partial charge in [-0.25, -0.2) is 0 Å². The largest absolute Gasteiger partial charge is 0.491 e. The Hall–Kier alpha value is -2.00. The maximum absolute atomic E-state index is 12.2. The number of halogens is 1. The molecule has 0 radical (unpaired) electrons. The van der Waals surface area contributed by atoms with Crippen LogP contribution in [-0.4, -0.2) is 12.5 Å². The minimum absolute atomic E-state index is 0.125. The van der Waals surface area contributed by atoms with Crippen molar-refractivity contribution < 1.29 is 9.53 Å². The summed E-state index contributed by atoms with van der Waals surface area (Å²) in [6.07, 6.45) is 0. The van der Waals surface area contributed by atoms with Gasteiger partial charge in [0.05, 0.1) is 16.6 Å². The minimum atomic E-state index is -0.184. The predicted octanol–water partition coefficient (Wildman–Crippen LogP) is 3.20. The van der Waals surface area contributed by atoms with Crippen molar-refractivity contribution in [1.82, 2.24) is 5.32 Å². The fourth-order valence-corrected chi connectivity index (χ4v) is 2.39. The van der Waals surface area contributed by atoms with E-state index < -0.39 is 0 Å². The van der Waals surface area contributed by atoms with Crippen LogP contribution in [0.25, 0.3) is 0 Å². The number of carbonyl (C=O) groups excluding carboxylic acids is 1. The van der Waals surface area contributed by atoms with Gasteiger partial charge < -0.3 is 10.1 Å². The van der Waals surface area contributed by atoms with E-state index >= 15 is 0 Å². The molecule has 0 aromatic heterocycles. The lowest BCUT2D eigenvalue weighted by Crippen LogP contribution is -2.29. The molecule has 3 rings (SSSR count). The normalized spacial score (nSPS) is 16.6. The fraction of sp³-hybridized carbons (Fsp3) is 0.133. The summed E-state index contributed by atoms with van der Waals surface area (Å²) in [6.45, 7) is 0.454. The first kappa shape index (κ1) is 12.1. The number of benzene rings is 2. The zero-order valence-electron chi connectivity index (χ0n) is 10.1. The molecule has 1 amide bonds. The van der Waals surface area contributed by atoms with E-state index in [1.54, 1.807) is 24.3 Å². The number of hydrogen-bond acceptors (Lipinski definition) is 2. The second kappa shape index (κ2) is 4.94. The molecule has 3 nitrogen and oxygen atoms in total. The molecule has 0 fully saturated rings. The van der Waals surface area contributed by atoms with Crippen molar-refractivity contribution in [2.45, 2.75) is 6.04 Å². The standard InChI is InChI=1S/C15H12ClNO2/c16-12-7-3-1-5-10(12)15(18)17-13-9-19-14-8-4-2-6-11(13)14/h1-8,13H,9H2,(H,17,18). The first-order valence-electron chi connectivity index (χ1n) is 6.03. The lowest BCUT2D eigenvalue weighted by molar-refractivity contribution is 0.0930. The number of nitrogens with one attached hydrogen (secondary N) is 1. The predicted molar refractivity (Wildman–Crippen MR) is 73.6 cm³/mol. The number of hydrogen-bond donors (Lipinski definition) is 1. The van der Waals surface area contributed by atoms with Crippen LogP contribution in [0.4, 0.5) is 0 Å². The van der Waals surface area contributed by atoms with Crippen molar-refractivity contribution in [3.05, 3.63) is 64.7 Å². The fourth-order valence-electron chi connectivity index (χ4n) is 2.16. The molecule has 0 saturated heterocycles. The lowest BCUT2D eigenvalue weighted by Gasteiger charge is -2.12. The van der Waals surface area contributed by atoms with Crippen LogP contribution in [0.1, 0.15) is 22.0 Å². The quantitative estimate of drug-likeness (QED) is 0.912. The van der Waals surface area contributed by atoms with E-state index in [0.717, 1.165) is 11.3 Å². The van der Waals surface area contributed by atoms with Crippen LogP contribution in [0, 0.1) is 0 Å². The van der Waals surface area contributed by atoms with Gasteiger partial charge in [-0.05, 0) is 18.2 Å². The second-order valence-electron chi connectivity index (χ2n) is 4.35. The molecular formula is C15H12ClNO2. The topological polar surface area (TPSA) is 38.3 Å². The number of amides is 1. The summed E-state index contributed by atoms with van der Waals surface area (Å²) < 4.78 is 5.53. The van der Waals surface area contributed by atoms with Crippen LogP contribution < -0.4 is 10.1 Å². The van der Waals surface area contributed by atoms with Gasteiger partial charge in [-0.3, -0.25) is 4.79 Å². The van der Waals surface area contributed by atoms with Gasteiger partial charge in [-0.1, -0.05) is 41.9 Å². The lowest BCUT2D eigenvalue weighted by atomic mass is 10.1. The molecule has 1 heterocycles. The Balaban J connectivity index is 1.81. The minimum Gasteiger partial charge on any atom is -0.491 e. The SMILES string of the molecule is O=C(NC1COc2ccccc21)c1ccccc1Cl. The molecule has 0 saturated carbocycles. The molecule has 1 aliphatic rings. The summed E-state index contributed by atoms with van der Waals surface area (Å²) in [5.74, 6) is 0.642. The molecule has 2 aromatic rings. The van der Waals surface area contributed by atoms with Crippen molar-refractivity contribution in [3.8, 4) is 5.75 Å². The van der Waals surface area contributed by atoms with Crippen LogP contribution in [0.2, 0.25) is 5.02 Å². The van der Waals surface area contributed by atoms with E-state index in [0.29, 0.717) is 17.2 Å². The van der Waals surface area contributed by atoms with Crippen LogP contribution in [0.15, 0.2) is 48.5 Å². The maximum atomic E-state index is 12.2. The average Bonchev–Trinajstić information content (AvgIpc) is 2.83. The van der Waals surface area contributed by atoms with E-state index in [9.17, 15) is 4.79 Å². The summed E-state index contributed by atoms with van der Waals surface area (Å²) in [7, 11) is 0. The van der Waals surface area contributed by atoms with Gasteiger partial charge in [0.1, 0.15) is 12.4 Å². The Bertz CT molecular complexity index is 627. The summed E-state index contributed by atoms with van der Waals surface area (Å²) in [5.41, 5.74) is 1.48. The van der Waals surface area contributed by atoms with Crippen LogP contribution >= 0.6 is 11.6 Å². The van der Waals surface area contributed by atoms with E-state index in [2.05, 4.69) is 5.32 Å². The zero-order chi connectivity index (χ0) is 13.2. The summed E-state index contributed by atoms with van der Waals surface area (Å²) >= 11 is 6.01. The third-order valence-electron chi connectivity index (χ3n) is 3.12. The van der Waals surface area contributed by atoms with Gasteiger partial charge in [-0.15, -0.1) is 0 Å². The van der Waals surface area contributed by atoms with Gasteiger partial charge >= 0.3 is 0 Å². The molecule has 2 aromatic carbocycles. The maximum Gasteiger partial charge on any atom is 0.253 e. The molecule has 0 spiro atoms. The van der Waals surface area contributed by atoms with Gasteiger partial charge in [0.2, 0.25) is 0 Å². The van der Waals surface area contributed by atoms with Gasteiger partial charge in [0, 0.05) is 5.56 Å². The van der Waals surface area contributed by atoms with Crippen molar-refractivity contribution in [3.63, 3.8) is 0 Å². The molecule has 1 N–H and O–H groups in total. The summed E-state index contributed by atoms with van der Waals surface area (Å²) in [6, 6.07) is 14.6. The van der Waals surface area contributed by atoms with E-state index in [1.165, 1.54) is 0 Å². The number of rotatable bonds is 2. The molecule has 19 heavy (non-hydrogen) atoms. The van der Waals surface area contributed by atoms with E-state index in [4.69, 9.17) is 16.3 Å². The smallest absolute Gasteiger partial charge is 0.253 e. The molecule has 96 valence electrons. The molecular weight excluding hydrogens is 262 g/mol. The van der Waals surface area contributed by atoms with E-state index in [-0.39, 0.29) is 11.9 Å². The van der Waals surface area contributed by atoms with Gasteiger partial charge in [-0.2, -0.15) is 0 Å². The van der Waals surface area contributed by atoms with Crippen LogP contribution in [-0.2, 0) is 0 Å². The van der Waals surface area contributed by atoms with Crippen LogP contribution in [0.3, 0.4) is 0 Å². The van der Waals surface area contributed by atoms with Crippen molar-refractivity contribution in [2.24, 2.45) is 0 Å². The van der Waals surface area contributed by atoms with Gasteiger partial charge in [0.15, 0.2) is 0 Å². The number of para-hydroxylation sites is 1. The van der Waals surface area contributed by atoms with Crippen molar-refractivity contribution >= 4 is 17.5 Å². The average molecular weight is 274 g/mol. The number of ether oxygens (including phenoxy) is 1. The molecule has 1 unspecified atom stereocenters. The molecule has 4 heteroatoms. The Labute approximate surface area is 116 Å². The second-order valence-corrected chi connectivity index (χ2v) is 4.76. The Morgan fingerprint density at radius 3 is 2.74 bits per heavy atom. The monoisotopic (exact) mass is 273 g/mol. The Kier molecular flexibility index (Phi) is 3.13. The highest BCUT2D eigenvalue weighted by Crippen LogP contribution is 2.32. The van der Waals surface area contributed by atoms with Crippen molar-refractivity contribution in [2.75, 3.05) is 6.61 Å². The first-order valence-corrected chi connectivity index (χ1v) is 6.40. The Morgan fingerprint density at radius 1 is 1.16 bits per heavy atom. The first-order chi connectivity index (χ1) is 9.25. The van der Waals surface area contributed by atoms with Crippen molar-refractivity contribution in [1.29, 1.82) is 0 Å². The van der Waals surface area contributed by atoms with Crippen LogP contribution in [0.5, 0.6) is 5.75 Å². The molecule has 0 bridgehead atoms. The summed E-state index contributed by atoms with van der Waals surface area (Å²) in [4.78, 5) is 12.2. The highest BCUT2D eigenvalue weighted by molar-refractivity contribution is 6.33. The third kappa shape index (κ3) is 2.29. The van der Waals surface area contributed by atoms with Gasteiger partial charge in [0.25, 0.3) is 5.91 Å². The Morgan fingerprint density at radius 2 is 1.89 bits per heavy atom. The third-order valence-corrected chi connectivity index (χ3v) is 3.45. The highest BCUT2D eigenvalue weighted by atomic mass is 35.5. The molecule has 1 atom stereocenters. The number of fused-ring (bicyclic) bond motifs is 1.